The van der Waals surface area contributed by atoms with Crippen molar-refractivity contribution in [3.63, 3.8) is 0 Å². The highest BCUT2D eigenvalue weighted by Gasteiger charge is 2.20. The van der Waals surface area contributed by atoms with E-state index in [4.69, 9.17) is 5.73 Å². The molecule has 124 valence electrons. The molecular weight excluding hydrogens is 318 g/mol. The summed E-state index contributed by atoms with van der Waals surface area (Å²) >= 11 is 0. The molecule has 2 rings (SSSR count). The number of halogens is 1. The number of amides is 2. The van der Waals surface area contributed by atoms with Crippen LogP contribution in [-0.2, 0) is 11.8 Å². The molecule has 1 heterocycles. The van der Waals surface area contributed by atoms with Crippen molar-refractivity contribution < 1.29 is 9.59 Å². The average molecular weight is 338 g/mol. The molecule has 0 radical (unpaired) electrons. The molecule has 2 aromatic rings. The number of rotatable bonds is 5. The summed E-state index contributed by atoms with van der Waals surface area (Å²) in [6, 6.07) is 4.52. The molecule has 1 aromatic heterocycles. The van der Waals surface area contributed by atoms with E-state index in [1.165, 1.54) is 0 Å². The minimum atomic E-state index is -0.535. The smallest absolute Gasteiger partial charge is 0.249 e. The zero-order valence-corrected chi connectivity index (χ0v) is 14.0. The highest BCUT2D eigenvalue weighted by atomic mass is 35.5. The number of nitrogens with one attached hydrogen (secondary N) is 2. The minimum Gasteiger partial charge on any atom is -0.366 e. The van der Waals surface area contributed by atoms with Crippen molar-refractivity contribution >= 4 is 29.9 Å². The van der Waals surface area contributed by atoms with Crippen LogP contribution in [0.3, 0.4) is 0 Å². The third-order valence-corrected chi connectivity index (χ3v) is 3.38. The van der Waals surface area contributed by atoms with Gasteiger partial charge in [-0.2, -0.15) is 5.10 Å². The molecule has 0 aliphatic heterocycles. The van der Waals surface area contributed by atoms with Gasteiger partial charge in [-0.05, 0) is 31.7 Å². The summed E-state index contributed by atoms with van der Waals surface area (Å²) < 4.78 is 1.63. The van der Waals surface area contributed by atoms with E-state index in [1.807, 2.05) is 0 Å². The van der Waals surface area contributed by atoms with E-state index in [2.05, 4.69) is 15.7 Å². The number of carbonyl (C=O) groups excluding carboxylic acids is 2. The van der Waals surface area contributed by atoms with Gasteiger partial charge in [-0.25, -0.2) is 0 Å². The number of aryl methyl sites for hydroxylation is 2. The van der Waals surface area contributed by atoms with Crippen LogP contribution >= 0.6 is 12.4 Å². The predicted octanol–water partition coefficient (Wildman–Crippen LogP) is 1.15. The molecule has 0 saturated heterocycles. The van der Waals surface area contributed by atoms with Crippen LogP contribution in [0.2, 0.25) is 0 Å². The number of nitrogens with two attached hydrogens (primary N) is 1. The molecule has 0 bridgehead atoms. The molecule has 2 amide bonds. The zero-order chi connectivity index (χ0) is 16.3. The topological polar surface area (TPSA) is 102 Å². The normalized spacial score (nSPS) is 11.4. The van der Waals surface area contributed by atoms with Gasteiger partial charge < -0.3 is 16.4 Å². The van der Waals surface area contributed by atoms with Gasteiger partial charge in [0, 0.05) is 30.1 Å². The van der Waals surface area contributed by atoms with Crippen LogP contribution in [-0.4, -0.2) is 28.6 Å². The van der Waals surface area contributed by atoms with Crippen LogP contribution in [0.15, 0.2) is 30.6 Å². The Morgan fingerprint density at radius 2 is 2.04 bits per heavy atom. The lowest BCUT2D eigenvalue weighted by Gasteiger charge is -2.15. The van der Waals surface area contributed by atoms with Gasteiger partial charge in [0.2, 0.25) is 11.8 Å². The SMILES string of the molecule is CNC(C(=O)Nc1ccc(C)c(C(N)=O)c1)c1cnn(C)c1.Cl. The Balaban J connectivity index is 0.00000264. The number of hydrogen-bond acceptors (Lipinski definition) is 4. The Bertz CT molecular complexity index is 714. The lowest BCUT2D eigenvalue weighted by Crippen LogP contribution is -2.30. The van der Waals surface area contributed by atoms with Crippen molar-refractivity contribution in [2.45, 2.75) is 13.0 Å². The van der Waals surface area contributed by atoms with E-state index in [0.717, 1.165) is 11.1 Å². The van der Waals surface area contributed by atoms with E-state index in [0.29, 0.717) is 11.3 Å². The summed E-state index contributed by atoms with van der Waals surface area (Å²) in [5.41, 5.74) is 7.75. The van der Waals surface area contributed by atoms with Gasteiger partial charge in [0.1, 0.15) is 6.04 Å². The predicted molar refractivity (Wildman–Crippen MR) is 90.6 cm³/mol. The summed E-state index contributed by atoms with van der Waals surface area (Å²) in [4.78, 5) is 23.8. The minimum absolute atomic E-state index is 0. The fourth-order valence-electron chi connectivity index (χ4n) is 2.22. The lowest BCUT2D eigenvalue weighted by molar-refractivity contribution is -0.118. The van der Waals surface area contributed by atoms with Crippen molar-refractivity contribution in [1.82, 2.24) is 15.1 Å². The van der Waals surface area contributed by atoms with Gasteiger partial charge in [-0.15, -0.1) is 12.4 Å². The standard InChI is InChI=1S/C15H19N5O2.ClH/c1-9-4-5-11(6-12(9)14(16)21)19-15(22)13(17-2)10-7-18-20(3)8-10;/h4-8,13,17H,1-3H3,(H2,16,21)(H,19,22);1H. The molecule has 1 unspecified atom stereocenters. The highest BCUT2D eigenvalue weighted by molar-refractivity contribution is 5.99. The van der Waals surface area contributed by atoms with E-state index >= 15 is 0 Å². The van der Waals surface area contributed by atoms with Crippen LogP contribution in [0.5, 0.6) is 0 Å². The van der Waals surface area contributed by atoms with Gasteiger partial charge in [0.15, 0.2) is 0 Å². The molecule has 4 N–H and O–H groups in total. The summed E-state index contributed by atoms with van der Waals surface area (Å²) in [5, 5.41) is 9.78. The summed E-state index contributed by atoms with van der Waals surface area (Å²) in [6.45, 7) is 1.79. The first-order chi connectivity index (χ1) is 10.4. The molecule has 0 aliphatic carbocycles. The first kappa shape index (κ1) is 18.7. The van der Waals surface area contributed by atoms with Crippen LogP contribution in [0.1, 0.15) is 27.5 Å². The molecule has 0 spiro atoms. The van der Waals surface area contributed by atoms with Gasteiger partial charge in [-0.1, -0.05) is 6.07 Å². The van der Waals surface area contributed by atoms with Crippen molar-refractivity contribution in [1.29, 1.82) is 0 Å². The number of likely N-dealkylation sites (N-methyl/N-ethyl adjacent to an activating group) is 1. The molecule has 0 saturated carbocycles. The maximum Gasteiger partial charge on any atom is 0.249 e. The monoisotopic (exact) mass is 337 g/mol. The number of benzene rings is 1. The molecule has 0 fully saturated rings. The van der Waals surface area contributed by atoms with Crippen LogP contribution in [0.25, 0.3) is 0 Å². The van der Waals surface area contributed by atoms with E-state index in [1.54, 1.807) is 56.3 Å². The number of hydrogen-bond donors (Lipinski definition) is 3. The number of primary amides is 1. The first-order valence-electron chi connectivity index (χ1n) is 6.79. The second-order valence-electron chi connectivity index (χ2n) is 5.05. The third kappa shape index (κ3) is 4.30. The van der Waals surface area contributed by atoms with Crippen LogP contribution in [0, 0.1) is 6.92 Å². The Kier molecular flexibility index (Phi) is 6.29. The number of aromatic nitrogens is 2. The van der Waals surface area contributed by atoms with Crippen LogP contribution < -0.4 is 16.4 Å². The third-order valence-electron chi connectivity index (χ3n) is 3.38. The molecule has 23 heavy (non-hydrogen) atoms. The second-order valence-corrected chi connectivity index (χ2v) is 5.05. The van der Waals surface area contributed by atoms with E-state index < -0.39 is 11.9 Å². The zero-order valence-electron chi connectivity index (χ0n) is 13.2. The fourth-order valence-corrected chi connectivity index (χ4v) is 2.22. The number of nitrogens with zero attached hydrogens (tertiary/aromatic N) is 2. The Hall–Kier alpha value is -2.38. The Morgan fingerprint density at radius 1 is 1.35 bits per heavy atom. The average Bonchev–Trinajstić information content (AvgIpc) is 2.88. The maximum atomic E-state index is 12.4. The summed E-state index contributed by atoms with van der Waals surface area (Å²) in [5.74, 6) is -0.763. The first-order valence-corrected chi connectivity index (χ1v) is 6.79. The van der Waals surface area contributed by atoms with Crippen molar-refractivity contribution in [2.24, 2.45) is 12.8 Å². The highest BCUT2D eigenvalue weighted by Crippen LogP contribution is 2.18. The van der Waals surface area contributed by atoms with Gasteiger partial charge in [-0.3, -0.25) is 14.3 Å². The molecule has 1 aromatic carbocycles. The van der Waals surface area contributed by atoms with Gasteiger partial charge >= 0.3 is 0 Å². The molecule has 1 atom stereocenters. The van der Waals surface area contributed by atoms with Crippen molar-refractivity contribution in [2.75, 3.05) is 12.4 Å². The van der Waals surface area contributed by atoms with Crippen molar-refractivity contribution in [3.8, 4) is 0 Å². The fraction of sp³-hybridized carbons (Fsp3) is 0.267. The van der Waals surface area contributed by atoms with Gasteiger partial charge in [0.25, 0.3) is 0 Å². The number of carbonyl (C=O) groups is 2. The Morgan fingerprint density at radius 3 is 2.57 bits per heavy atom. The quantitative estimate of drug-likeness (QED) is 0.761. The summed E-state index contributed by atoms with van der Waals surface area (Å²) in [7, 11) is 3.48. The van der Waals surface area contributed by atoms with Crippen LogP contribution in [0.4, 0.5) is 5.69 Å². The largest absolute Gasteiger partial charge is 0.366 e. The van der Waals surface area contributed by atoms with Crippen molar-refractivity contribution in [3.05, 3.63) is 47.3 Å². The molecule has 8 heteroatoms. The maximum absolute atomic E-state index is 12.4. The lowest BCUT2D eigenvalue weighted by atomic mass is 10.1. The molecule has 7 nitrogen and oxygen atoms in total. The molecule has 0 aliphatic rings. The summed E-state index contributed by atoms with van der Waals surface area (Å²) in [6.07, 6.45) is 3.40. The van der Waals surface area contributed by atoms with Gasteiger partial charge in [0.05, 0.1) is 6.20 Å². The molecular formula is C15H20ClN5O2. The number of anilines is 1. The second kappa shape index (κ2) is 7.75. The Labute approximate surface area is 140 Å². The van der Waals surface area contributed by atoms with E-state index in [9.17, 15) is 9.59 Å². The van der Waals surface area contributed by atoms with E-state index in [-0.39, 0.29) is 18.3 Å².